The number of aromatic nitrogens is 1. The van der Waals surface area contributed by atoms with Crippen LogP contribution in [0.25, 0.3) is 0 Å². The van der Waals surface area contributed by atoms with Crippen molar-refractivity contribution in [1.82, 2.24) is 10.3 Å². The summed E-state index contributed by atoms with van der Waals surface area (Å²) >= 11 is 0. The van der Waals surface area contributed by atoms with E-state index in [-0.39, 0.29) is 5.91 Å². The third kappa shape index (κ3) is 4.02. The summed E-state index contributed by atoms with van der Waals surface area (Å²) in [6, 6.07) is 7.50. The van der Waals surface area contributed by atoms with Crippen molar-refractivity contribution in [3.05, 3.63) is 47.8 Å². The normalized spacial score (nSPS) is 13.6. The minimum Gasteiger partial charge on any atom is -0.493 e. The van der Waals surface area contributed by atoms with Crippen molar-refractivity contribution in [3.63, 3.8) is 0 Å². The maximum absolute atomic E-state index is 12.4. The van der Waals surface area contributed by atoms with E-state index in [1.165, 1.54) is 12.8 Å². The van der Waals surface area contributed by atoms with Crippen molar-refractivity contribution in [3.8, 4) is 11.5 Å². The molecule has 3 rings (SSSR count). The lowest BCUT2D eigenvalue weighted by Gasteiger charge is -2.17. The van der Waals surface area contributed by atoms with Gasteiger partial charge < -0.3 is 19.7 Å². The van der Waals surface area contributed by atoms with Crippen LogP contribution in [-0.2, 0) is 6.54 Å². The monoisotopic (exact) mass is 341 g/mol. The minimum absolute atomic E-state index is 0.136. The fourth-order valence-electron chi connectivity index (χ4n) is 2.98. The fraction of sp³-hybridized carbons (Fsp3) is 0.368. The molecule has 2 heterocycles. The zero-order valence-electron chi connectivity index (χ0n) is 14.6. The zero-order chi connectivity index (χ0) is 17.6. The number of amides is 1. The predicted molar refractivity (Wildman–Crippen MR) is 96.4 cm³/mol. The standard InChI is InChI=1S/C19H23N3O3/c1-24-17-6-5-14(9-18(17)25-2)11-21-19(23)15-10-16(13-20-12-15)22-7-3-4-8-22/h5-6,9-10,12-13H,3-4,7-8,11H2,1-2H3,(H,21,23). The topological polar surface area (TPSA) is 63.7 Å². The Morgan fingerprint density at radius 2 is 1.88 bits per heavy atom. The summed E-state index contributed by atoms with van der Waals surface area (Å²) in [5, 5.41) is 2.93. The van der Waals surface area contributed by atoms with Crippen LogP contribution in [0.5, 0.6) is 11.5 Å². The molecule has 0 bridgehead atoms. The molecule has 0 unspecified atom stereocenters. The van der Waals surface area contributed by atoms with Crippen molar-refractivity contribution < 1.29 is 14.3 Å². The van der Waals surface area contributed by atoms with Crippen molar-refractivity contribution >= 4 is 11.6 Å². The minimum atomic E-state index is -0.136. The van der Waals surface area contributed by atoms with Crippen LogP contribution in [0.4, 0.5) is 5.69 Å². The summed E-state index contributed by atoms with van der Waals surface area (Å²) in [5.74, 6) is 1.18. The molecule has 0 spiro atoms. The van der Waals surface area contributed by atoms with E-state index >= 15 is 0 Å². The highest BCUT2D eigenvalue weighted by molar-refractivity contribution is 5.94. The molecule has 1 aromatic carbocycles. The second-order valence-corrected chi connectivity index (χ2v) is 6.00. The average Bonchev–Trinajstić information content (AvgIpc) is 3.20. The Morgan fingerprint density at radius 1 is 1.12 bits per heavy atom. The van der Waals surface area contributed by atoms with Crippen molar-refractivity contribution in [2.24, 2.45) is 0 Å². The number of pyridine rings is 1. The summed E-state index contributed by atoms with van der Waals surface area (Å²) in [7, 11) is 3.19. The number of benzene rings is 1. The molecule has 0 atom stereocenters. The first-order chi connectivity index (χ1) is 12.2. The van der Waals surface area contributed by atoms with Gasteiger partial charge in [-0.1, -0.05) is 6.07 Å². The Morgan fingerprint density at radius 3 is 2.60 bits per heavy atom. The van der Waals surface area contributed by atoms with Gasteiger partial charge in [0.1, 0.15) is 0 Å². The molecule has 1 aromatic heterocycles. The molecule has 1 N–H and O–H groups in total. The molecule has 1 fully saturated rings. The second-order valence-electron chi connectivity index (χ2n) is 6.00. The number of hydrogen-bond donors (Lipinski definition) is 1. The first kappa shape index (κ1) is 17.1. The van der Waals surface area contributed by atoms with Crippen LogP contribution in [0, 0.1) is 0 Å². The Kier molecular flexibility index (Phi) is 5.38. The molecule has 2 aromatic rings. The molecular formula is C19H23N3O3. The molecule has 1 saturated heterocycles. The van der Waals surface area contributed by atoms with Crippen LogP contribution in [0.15, 0.2) is 36.7 Å². The SMILES string of the molecule is COc1ccc(CNC(=O)c2cncc(N3CCCC3)c2)cc1OC. The van der Waals surface area contributed by atoms with Gasteiger partial charge in [-0.2, -0.15) is 0 Å². The smallest absolute Gasteiger partial charge is 0.253 e. The maximum Gasteiger partial charge on any atom is 0.253 e. The number of carbonyl (C=O) groups is 1. The Hall–Kier alpha value is -2.76. The molecule has 1 aliphatic rings. The van der Waals surface area contributed by atoms with Gasteiger partial charge in [0, 0.05) is 25.8 Å². The lowest BCUT2D eigenvalue weighted by molar-refractivity contribution is 0.0950. The maximum atomic E-state index is 12.4. The number of rotatable bonds is 6. The van der Waals surface area contributed by atoms with Gasteiger partial charge in [-0.05, 0) is 36.6 Å². The summed E-state index contributed by atoms with van der Waals surface area (Å²) in [6.07, 6.45) is 5.80. The van der Waals surface area contributed by atoms with E-state index in [0.717, 1.165) is 24.3 Å². The van der Waals surface area contributed by atoms with E-state index in [2.05, 4.69) is 15.2 Å². The molecule has 0 radical (unpaired) electrons. The van der Waals surface area contributed by atoms with E-state index in [0.29, 0.717) is 23.6 Å². The highest BCUT2D eigenvalue weighted by Crippen LogP contribution is 2.27. The summed E-state index contributed by atoms with van der Waals surface area (Å²) in [6.45, 7) is 2.46. The first-order valence-corrected chi connectivity index (χ1v) is 8.40. The number of ether oxygens (including phenoxy) is 2. The number of anilines is 1. The molecule has 6 heteroatoms. The van der Waals surface area contributed by atoms with Crippen molar-refractivity contribution in [1.29, 1.82) is 0 Å². The molecule has 132 valence electrons. The third-order valence-corrected chi connectivity index (χ3v) is 4.36. The fourth-order valence-corrected chi connectivity index (χ4v) is 2.98. The number of hydrogen-bond acceptors (Lipinski definition) is 5. The lowest BCUT2D eigenvalue weighted by atomic mass is 10.2. The predicted octanol–water partition coefficient (Wildman–Crippen LogP) is 2.63. The van der Waals surface area contributed by atoms with Crippen LogP contribution in [0.3, 0.4) is 0 Å². The quantitative estimate of drug-likeness (QED) is 0.875. The summed E-state index contributed by atoms with van der Waals surface area (Å²) in [4.78, 5) is 18.9. The van der Waals surface area contributed by atoms with Crippen LogP contribution >= 0.6 is 0 Å². The highest BCUT2D eigenvalue weighted by atomic mass is 16.5. The second kappa shape index (κ2) is 7.88. The van der Waals surface area contributed by atoms with Gasteiger partial charge >= 0.3 is 0 Å². The molecule has 0 aliphatic carbocycles. The number of methoxy groups -OCH3 is 2. The number of carbonyl (C=O) groups excluding carboxylic acids is 1. The first-order valence-electron chi connectivity index (χ1n) is 8.40. The van der Waals surface area contributed by atoms with Gasteiger partial charge in [0.25, 0.3) is 5.91 Å². The van der Waals surface area contributed by atoms with Crippen LogP contribution in [0.2, 0.25) is 0 Å². The Bertz CT molecular complexity index is 742. The largest absolute Gasteiger partial charge is 0.493 e. The van der Waals surface area contributed by atoms with E-state index in [1.54, 1.807) is 20.4 Å². The van der Waals surface area contributed by atoms with Gasteiger partial charge in [-0.25, -0.2) is 0 Å². The molecule has 6 nitrogen and oxygen atoms in total. The number of nitrogens with one attached hydrogen (secondary N) is 1. The van der Waals surface area contributed by atoms with E-state index < -0.39 is 0 Å². The van der Waals surface area contributed by atoms with Gasteiger partial charge in [0.2, 0.25) is 0 Å². The van der Waals surface area contributed by atoms with E-state index in [4.69, 9.17) is 9.47 Å². The van der Waals surface area contributed by atoms with Gasteiger partial charge in [-0.15, -0.1) is 0 Å². The average molecular weight is 341 g/mol. The van der Waals surface area contributed by atoms with Gasteiger partial charge in [0.05, 0.1) is 31.7 Å². The Balaban J connectivity index is 1.65. The van der Waals surface area contributed by atoms with Crippen LogP contribution < -0.4 is 19.7 Å². The molecule has 0 saturated carbocycles. The van der Waals surface area contributed by atoms with Crippen LogP contribution in [-0.4, -0.2) is 38.2 Å². The molecule has 1 aliphatic heterocycles. The van der Waals surface area contributed by atoms with Gasteiger partial charge in [0.15, 0.2) is 11.5 Å². The molecular weight excluding hydrogens is 318 g/mol. The van der Waals surface area contributed by atoms with Crippen molar-refractivity contribution in [2.75, 3.05) is 32.2 Å². The molecule has 25 heavy (non-hydrogen) atoms. The van der Waals surface area contributed by atoms with Crippen LogP contribution in [0.1, 0.15) is 28.8 Å². The lowest BCUT2D eigenvalue weighted by Crippen LogP contribution is -2.24. The molecule has 1 amide bonds. The Labute approximate surface area is 147 Å². The van der Waals surface area contributed by atoms with E-state index in [9.17, 15) is 4.79 Å². The zero-order valence-corrected chi connectivity index (χ0v) is 14.6. The highest BCUT2D eigenvalue weighted by Gasteiger charge is 2.15. The third-order valence-electron chi connectivity index (χ3n) is 4.36. The van der Waals surface area contributed by atoms with E-state index in [1.807, 2.05) is 30.5 Å². The summed E-state index contributed by atoms with van der Waals surface area (Å²) < 4.78 is 10.5. The van der Waals surface area contributed by atoms with Gasteiger partial charge in [-0.3, -0.25) is 9.78 Å². The number of nitrogens with zero attached hydrogens (tertiary/aromatic N) is 2. The van der Waals surface area contributed by atoms with Crippen molar-refractivity contribution in [2.45, 2.75) is 19.4 Å². The summed E-state index contributed by atoms with van der Waals surface area (Å²) in [5.41, 5.74) is 2.52.